The van der Waals surface area contributed by atoms with Crippen molar-refractivity contribution in [2.24, 2.45) is 16.9 Å². The van der Waals surface area contributed by atoms with Gasteiger partial charge in [-0.1, -0.05) is 43.9 Å². The minimum Gasteiger partial charge on any atom is -0.352 e. The van der Waals surface area contributed by atoms with E-state index in [-0.39, 0.29) is 17.7 Å². The summed E-state index contributed by atoms with van der Waals surface area (Å²) in [7, 11) is 1.90. The van der Waals surface area contributed by atoms with Crippen molar-refractivity contribution in [3.63, 3.8) is 0 Å². The average molecular weight is 395 g/mol. The Kier molecular flexibility index (Phi) is 7.15. The summed E-state index contributed by atoms with van der Waals surface area (Å²) in [5, 5.41) is 7.72. The zero-order valence-corrected chi connectivity index (χ0v) is 16.9. The average Bonchev–Trinajstić information content (AvgIpc) is 3.36. The van der Waals surface area contributed by atoms with Crippen molar-refractivity contribution in [3.05, 3.63) is 0 Å². The van der Waals surface area contributed by atoms with Gasteiger partial charge in [0, 0.05) is 25.3 Å². The molecule has 0 aromatic rings. The topological polar surface area (TPSA) is 90.9 Å². The summed E-state index contributed by atoms with van der Waals surface area (Å²) in [5.74, 6) is -0.425. The maximum atomic E-state index is 12.8. The number of hydrogen-bond acceptors (Lipinski definition) is 5. The van der Waals surface area contributed by atoms with Crippen LogP contribution >= 0.6 is 11.8 Å². The van der Waals surface area contributed by atoms with Crippen LogP contribution in [0.5, 0.6) is 0 Å². The van der Waals surface area contributed by atoms with Crippen molar-refractivity contribution in [3.8, 4) is 0 Å². The number of nitrogens with zero attached hydrogens (tertiary/aromatic N) is 2. The molecule has 3 fully saturated rings. The summed E-state index contributed by atoms with van der Waals surface area (Å²) in [6.07, 6.45) is 8.87. The van der Waals surface area contributed by atoms with Crippen LogP contribution in [0.15, 0.2) is 5.10 Å². The number of thioether (sulfide) groups is 1. The molecule has 1 aliphatic heterocycles. The molecule has 27 heavy (non-hydrogen) atoms. The van der Waals surface area contributed by atoms with Gasteiger partial charge in [0.15, 0.2) is 5.17 Å². The molecule has 0 aromatic carbocycles. The molecule has 0 radical (unpaired) electrons. The third-order valence-electron chi connectivity index (χ3n) is 5.89. The van der Waals surface area contributed by atoms with Crippen LogP contribution in [-0.4, -0.2) is 53.1 Å². The van der Waals surface area contributed by atoms with E-state index in [0.29, 0.717) is 5.17 Å². The van der Waals surface area contributed by atoms with Crippen LogP contribution < -0.4 is 10.7 Å². The number of Topliss-reactive ketones (excluding diaryl/α,β-unsaturated/α-hetero) is 1. The lowest BCUT2D eigenvalue weighted by Crippen LogP contribution is -2.52. The molecule has 0 bridgehead atoms. The van der Waals surface area contributed by atoms with E-state index >= 15 is 0 Å². The second-order valence-electron chi connectivity index (χ2n) is 7.84. The normalized spacial score (nSPS) is 24.2. The van der Waals surface area contributed by atoms with Gasteiger partial charge >= 0.3 is 5.91 Å². The smallest absolute Gasteiger partial charge is 0.309 e. The van der Waals surface area contributed by atoms with E-state index in [4.69, 9.17) is 0 Å². The van der Waals surface area contributed by atoms with Gasteiger partial charge in [-0.05, 0) is 31.6 Å². The second kappa shape index (κ2) is 9.57. The summed E-state index contributed by atoms with van der Waals surface area (Å²) in [4.78, 5) is 39.8. The van der Waals surface area contributed by atoms with Gasteiger partial charge in [-0.3, -0.25) is 14.4 Å². The fourth-order valence-electron chi connectivity index (χ4n) is 4.22. The van der Waals surface area contributed by atoms with Crippen molar-refractivity contribution in [1.82, 2.24) is 15.6 Å². The van der Waals surface area contributed by atoms with E-state index in [0.717, 1.165) is 63.7 Å². The molecule has 1 atom stereocenters. The lowest BCUT2D eigenvalue weighted by atomic mass is 9.87. The molecular formula is C19H30N4O3S. The third-order valence-corrected chi connectivity index (χ3v) is 6.94. The standard InChI is InChI=1S/C19H30N4O3S/c1-23-11-12-27-19(23)22-21-18(26)16(24)15(13-7-5-6-8-13)20-17(25)14-9-3-2-4-10-14/h13-15H,2-12H2,1H3,(H,20,25)(H,21,26)/b22-19-. The minimum absolute atomic E-state index is 0.0257. The number of hydrogen-bond donors (Lipinski definition) is 2. The highest BCUT2D eigenvalue weighted by atomic mass is 32.2. The summed E-state index contributed by atoms with van der Waals surface area (Å²) in [6, 6.07) is -0.726. The monoisotopic (exact) mass is 394 g/mol. The molecule has 0 aromatic heterocycles. The molecule has 150 valence electrons. The van der Waals surface area contributed by atoms with Crippen molar-refractivity contribution in [2.75, 3.05) is 19.3 Å². The lowest BCUT2D eigenvalue weighted by Gasteiger charge is -2.27. The first-order valence-corrected chi connectivity index (χ1v) is 11.1. The summed E-state index contributed by atoms with van der Waals surface area (Å²) in [6.45, 7) is 0.870. The van der Waals surface area contributed by atoms with Gasteiger partial charge in [0.2, 0.25) is 11.7 Å². The zero-order valence-electron chi connectivity index (χ0n) is 16.0. The van der Waals surface area contributed by atoms with Crippen LogP contribution in [0.3, 0.4) is 0 Å². The molecule has 1 unspecified atom stereocenters. The van der Waals surface area contributed by atoms with Crippen LogP contribution in [0.25, 0.3) is 0 Å². The molecule has 3 aliphatic rings. The van der Waals surface area contributed by atoms with Crippen LogP contribution in [0, 0.1) is 11.8 Å². The maximum Gasteiger partial charge on any atom is 0.309 e. The first kappa shape index (κ1) is 20.2. The largest absolute Gasteiger partial charge is 0.352 e. The van der Waals surface area contributed by atoms with Gasteiger partial charge in [-0.25, -0.2) is 5.43 Å². The molecule has 1 saturated heterocycles. The van der Waals surface area contributed by atoms with E-state index in [1.807, 2.05) is 11.9 Å². The maximum absolute atomic E-state index is 12.8. The highest BCUT2D eigenvalue weighted by Gasteiger charge is 2.37. The summed E-state index contributed by atoms with van der Waals surface area (Å²) in [5.41, 5.74) is 2.40. The molecule has 2 N–H and O–H groups in total. The van der Waals surface area contributed by atoms with E-state index < -0.39 is 17.7 Å². The Morgan fingerprint density at radius 1 is 1.07 bits per heavy atom. The van der Waals surface area contributed by atoms with Crippen molar-refractivity contribution in [2.45, 2.75) is 63.8 Å². The Balaban J connectivity index is 1.63. The van der Waals surface area contributed by atoms with Gasteiger partial charge in [0.1, 0.15) is 6.04 Å². The summed E-state index contributed by atoms with van der Waals surface area (Å²) < 4.78 is 0. The molecule has 2 amide bonds. The van der Waals surface area contributed by atoms with E-state index in [2.05, 4.69) is 15.8 Å². The van der Waals surface area contributed by atoms with Crippen molar-refractivity contribution >= 4 is 34.5 Å². The Morgan fingerprint density at radius 3 is 2.37 bits per heavy atom. The second-order valence-corrected chi connectivity index (χ2v) is 8.90. The molecule has 8 heteroatoms. The Hall–Kier alpha value is -1.57. The molecular weight excluding hydrogens is 364 g/mol. The van der Waals surface area contributed by atoms with Gasteiger partial charge < -0.3 is 10.2 Å². The molecule has 1 heterocycles. The highest BCUT2D eigenvalue weighted by molar-refractivity contribution is 8.14. The number of nitrogens with one attached hydrogen (secondary N) is 2. The van der Waals surface area contributed by atoms with E-state index in [1.165, 1.54) is 6.42 Å². The lowest BCUT2D eigenvalue weighted by molar-refractivity contribution is -0.141. The minimum atomic E-state index is -0.732. The Morgan fingerprint density at radius 2 is 1.74 bits per heavy atom. The Bertz CT molecular complexity index is 598. The molecule has 7 nitrogen and oxygen atoms in total. The van der Waals surface area contributed by atoms with Gasteiger partial charge in [0.05, 0.1) is 0 Å². The fraction of sp³-hybridized carbons (Fsp3) is 0.789. The van der Waals surface area contributed by atoms with E-state index in [9.17, 15) is 14.4 Å². The van der Waals surface area contributed by atoms with Crippen LogP contribution in [-0.2, 0) is 14.4 Å². The molecule has 2 saturated carbocycles. The predicted octanol–water partition coefficient (Wildman–Crippen LogP) is 1.88. The van der Waals surface area contributed by atoms with Crippen LogP contribution in [0.1, 0.15) is 57.8 Å². The number of hydrazone groups is 1. The number of carbonyl (C=O) groups excluding carboxylic acids is 3. The Labute approximate surface area is 165 Å². The number of amides is 2. The number of ketones is 1. The number of carbonyl (C=O) groups is 3. The molecule has 3 rings (SSSR count). The summed E-state index contributed by atoms with van der Waals surface area (Å²) >= 11 is 1.55. The van der Waals surface area contributed by atoms with Gasteiger partial charge in [0.25, 0.3) is 0 Å². The fourth-order valence-corrected chi connectivity index (χ4v) is 5.19. The third kappa shape index (κ3) is 5.24. The van der Waals surface area contributed by atoms with Crippen LogP contribution in [0.2, 0.25) is 0 Å². The predicted molar refractivity (Wildman–Crippen MR) is 106 cm³/mol. The van der Waals surface area contributed by atoms with E-state index in [1.54, 1.807) is 11.8 Å². The van der Waals surface area contributed by atoms with Crippen molar-refractivity contribution in [1.29, 1.82) is 0 Å². The molecule has 0 spiro atoms. The number of rotatable bonds is 6. The van der Waals surface area contributed by atoms with Gasteiger partial charge in [-0.15, -0.1) is 5.10 Å². The first-order chi connectivity index (χ1) is 13.1. The SMILES string of the molecule is CN1CCS/C1=N\NC(=O)C(=O)C(NC(=O)C1CCCCC1)C1CCCC1. The van der Waals surface area contributed by atoms with Gasteiger partial charge in [-0.2, -0.15) is 0 Å². The van der Waals surface area contributed by atoms with Crippen molar-refractivity contribution < 1.29 is 14.4 Å². The highest BCUT2D eigenvalue weighted by Crippen LogP contribution is 2.29. The molecule has 2 aliphatic carbocycles. The quantitative estimate of drug-likeness (QED) is 0.530. The van der Waals surface area contributed by atoms with Crippen LogP contribution in [0.4, 0.5) is 0 Å². The first-order valence-electron chi connectivity index (χ1n) is 10.1. The number of amidine groups is 1. The zero-order chi connectivity index (χ0) is 19.2.